The molecule has 0 aliphatic rings. The van der Waals surface area contributed by atoms with Crippen LogP contribution in [-0.4, -0.2) is 16.5 Å². The van der Waals surface area contributed by atoms with Crippen LogP contribution in [0.3, 0.4) is 0 Å². The molecular formula is C14H15N3O2. The summed E-state index contributed by atoms with van der Waals surface area (Å²) >= 11 is 0. The zero-order chi connectivity index (χ0) is 14.3. The van der Waals surface area contributed by atoms with Crippen LogP contribution in [0.5, 0.6) is 0 Å². The molecular weight excluding hydrogens is 242 g/mol. The lowest BCUT2D eigenvalue weighted by atomic mass is 10.1. The molecule has 0 saturated carbocycles. The van der Waals surface area contributed by atoms with Gasteiger partial charge in [-0.1, -0.05) is 38.0 Å². The molecule has 0 amide bonds. The fourth-order valence-electron chi connectivity index (χ4n) is 1.59. The average Bonchev–Trinajstić information content (AvgIpc) is 2.46. The number of hydrogen-bond acceptors (Lipinski definition) is 4. The van der Waals surface area contributed by atoms with E-state index in [-0.39, 0.29) is 12.2 Å². The summed E-state index contributed by atoms with van der Waals surface area (Å²) in [5.74, 6) is 2.39. The van der Waals surface area contributed by atoms with Crippen molar-refractivity contribution in [2.75, 3.05) is 11.9 Å². The Bertz CT molecular complexity index is 618. The molecule has 19 heavy (non-hydrogen) atoms. The molecule has 1 heterocycles. The molecule has 1 aromatic carbocycles. The second-order valence-electron chi connectivity index (χ2n) is 3.35. The first-order chi connectivity index (χ1) is 9.24. The van der Waals surface area contributed by atoms with E-state index in [0.717, 1.165) is 0 Å². The second-order valence-corrected chi connectivity index (χ2v) is 3.35. The van der Waals surface area contributed by atoms with Crippen molar-refractivity contribution in [1.82, 2.24) is 4.98 Å². The van der Waals surface area contributed by atoms with E-state index in [1.54, 1.807) is 18.2 Å². The van der Waals surface area contributed by atoms with Crippen LogP contribution in [0.1, 0.15) is 13.8 Å². The Morgan fingerprint density at radius 1 is 1.42 bits per heavy atom. The summed E-state index contributed by atoms with van der Waals surface area (Å²) in [7, 11) is 0. The van der Waals surface area contributed by atoms with E-state index < -0.39 is 4.92 Å². The average molecular weight is 257 g/mol. The van der Waals surface area contributed by atoms with Gasteiger partial charge in [0.2, 0.25) is 0 Å². The fraction of sp³-hybridized carbons (Fsp3) is 0.214. The number of pyridine rings is 1. The van der Waals surface area contributed by atoms with Crippen LogP contribution in [0.4, 0.5) is 11.4 Å². The van der Waals surface area contributed by atoms with Gasteiger partial charge in [-0.05, 0) is 6.07 Å². The highest BCUT2D eigenvalue weighted by molar-refractivity contribution is 5.95. The molecule has 1 N–H and O–H groups in total. The van der Waals surface area contributed by atoms with Gasteiger partial charge in [0.15, 0.2) is 0 Å². The van der Waals surface area contributed by atoms with Crippen LogP contribution in [0, 0.1) is 22.5 Å². The summed E-state index contributed by atoms with van der Waals surface area (Å²) in [5, 5.41) is 14.5. The van der Waals surface area contributed by atoms with Crippen LogP contribution in [0.15, 0.2) is 30.5 Å². The molecule has 0 radical (unpaired) electrons. The number of nitrogens with one attached hydrogen (secondary N) is 1. The van der Waals surface area contributed by atoms with Crippen molar-refractivity contribution >= 4 is 22.3 Å². The molecule has 0 aliphatic carbocycles. The van der Waals surface area contributed by atoms with Crippen molar-refractivity contribution in [1.29, 1.82) is 0 Å². The molecule has 0 spiro atoms. The van der Waals surface area contributed by atoms with Gasteiger partial charge in [0.05, 0.1) is 17.0 Å². The van der Waals surface area contributed by atoms with E-state index in [1.807, 2.05) is 19.9 Å². The topological polar surface area (TPSA) is 68.1 Å². The summed E-state index contributed by atoms with van der Waals surface area (Å²) in [6.07, 6.45) is 6.39. The minimum atomic E-state index is -0.474. The molecule has 2 aromatic rings. The first kappa shape index (κ1) is 14.5. The minimum Gasteiger partial charge on any atom is -0.368 e. The third-order valence-corrected chi connectivity index (χ3v) is 2.32. The fourth-order valence-corrected chi connectivity index (χ4v) is 1.59. The Morgan fingerprint density at radius 3 is 2.74 bits per heavy atom. The maximum absolute atomic E-state index is 10.9. The van der Waals surface area contributed by atoms with Gasteiger partial charge in [-0.15, -0.1) is 6.42 Å². The van der Waals surface area contributed by atoms with Gasteiger partial charge in [0.25, 0.3) is 0 Å². The third kappa shape index (κ3) is 3.19. The van der Waals surface area contributed by atoms with E-state index in [1.165, 1.54) is 6.20 Å². The van der Waals surface area contributed by atoms with Gasteiger partial charge >= 0.3 is 5.69 Å². The van der Waals surface area contributed by atoms with Crippen molar-refractivity contribution in [2.45, 2.75) is 13.8 Å². The zero-order valence-corrected chi connectivity index (χ0v) is 10.9. The highest BCUT2D eigenvalue weighted by Crippen LogP contribution is 2.30. The van der Waals surface area contributed by atoms with Crippen molar-refractivity contribution in [3.8, 4) is 12.3 Å². The zero-order valence-electron chi connectivity index (χ0n) is 10.9. The number of terminal acetylenes is 1. The van der Waals surface area contributed by atoms with Crippen molar-refractivity contribution in [3.05, 3.63) is 40.6 Å². The quantitative estimate of drug-likeness (QED) is 0.520. The Morgan fingerprint density at radius 2 is 2.11 bits per heavy atom. The lowest BCUT2D eigenvalue weighted by molar-refractivity contribution is -0.384. The number of hydrogen-bond donors (Lipinski definition) is 1. The molecule has 5 nitrogen and oxygen atoms in total. The SMILES string of the molecule is C#CCNc1c([N+](=O)[O-])cnc2ccccc12.CC. The molecule has 0 saturated heterocycles. The molecule has 0 aliphatic heterocycles. The summed E-state index contributed by atoms with van der Waals surface area (Å²) in [5.41, 5.74) is 1.04. The van der Waals surface area contributed by atoms with E-state index in [0.29, 0.717) is 16.6 Å². The Balaban J connectivity index is 0.000000861. The number of anilines is 1. The predicted octanol–water partition coefficient (Wildman–Crippen LogP) is 3.21. The predicted molar refractivity (Wildman–Crippen MR) is 77.1 cm³/mol. The van der Waals surface area contributed by atoms with Crippen LogP contribution >= 0.6 is 0 Å². The van der Waals surface area contributed by atoms with Gasteiger partial charge in [-0.25, -0.2) is 4.98 Å². The molecule has 2 rings (SSSR count). The van der Waals surface area contributed by atoms with Crippen molar-refractivity contribution in [3.63, 3.8) is 0 Å². The first-order valence-electron chi connectivity index (χ1n) is 5.93. The lowest BCUT2D eigenvalue weighted by Crippen LogP contribution is -2.03. The van der Waals surface area contributed by atoms with E-state index in [4.69, 9.17) is 6.42 Å². The standard InChI is InChI=1S/C12H9N3O2.C2H6/c1-2-7-13-12-9-5-3-4-6-10(9)14-8-11(12)15(16)17;1-2/h1,3-6,8H,7H2,(H,13,14);1-2H3. The highest BCUT2D eigenvalue weighted by atomic mass is 16.6. The first-order valence-corrected chi connectivity index (χ1v) is 5.93. The van der Waals surface area contributed by atoms with Crippen LogP contribution in [-0.2, 0) is 0 Å². The smallest absolute Gasteiger partial charge is 0.311 e. The second kappa shape index (κ2) is 6.97. The maximum atomic E-state index is 10.9. The number of benzene rings is 1. The number of nitrogens with zero attached hydrogens (tertiary/aromatic N) is 2. The largest absolute Gasteiger partial charge is 0.368 e. The molecule has 5 heteroatoms. The summed E-state index contributed by atoms with van der Waals surface area (Å²) in [6.45, 7) is 4.23. The van der Waals surface area contributed by atoms with E-state index >= 15 is 0 Å². The number of nitro groups is 1. The molecule has 0 unspecified atom stereocenters. The lowest BCUT2D eigenvalue weighted by Gasteiger charge is -2.07. The normalized spacial score (nSPS) is 9.11. The minimum absolute atomic E-state index is 0.0704. The molecule has 0 bridgehead atoms. The number of fused-ring (bicyclic) bond motifs is 1. The molecule has 1 aromatic heterocycles. The van der Waals surface area contributed by atoms with E-state index in [9.17, 15) is 10.1 Å². The van der Waals surface area contributed by atoms with Crippen molar-refractivity contribution in [2.24, 2.45) is 0 Å². The number of aromatic nitrogens is 1. The third-order valence-electron chi connectivity index (χ3n) is 2.32. The van der Waals surface area contributed by atoms with E-state index in [2.05, 4.69) is 16.2 Å². The van der Waals surface area contributed by atoms with Crippen LogP contribution < -0.4 is 5.32 Å². The van der Waals surface area contributed by atoms with Crippen LogP contribution in [0.25, 0.3) is 10.9 Å². The maximum Gasteiger partial charge on any atom is 0.311 e. The number of para-hydroxylation sites is 1. The highest BCUT2D eigenvalue weighted by Gasteiger charge is 2.16. The van der Waals surface area contributed by atoms with Gasteiger partial charge in [-0.2, -0.15) is 0 Å². The summed E-state index contributed by atoms with van der Waals surface area (Å²) in [6, 6.07) is 7.19. The monoisotopic (exact) mass is 257 g/mol. The molecule has 0 fully saturated rings. The Kier molecular flexibility index (Phi) is 5.30. The van der Waals surface area contributed by atoms with Crippen LogP contribution in [0.2, 0.25) is 0 Å². The molecule has 0 atom stereocenters. The number of rotatable bonds is 3. The van der Waals surface area contributed by atoms with Gasteiger partial charge in [-0.3, -0.25) is 10.1 Å². The van der Waals surface area contributed by atoms with Gasteiger partial charge < -0.3 is 5.32 Å². The molecule has 98 valence electrons. The van der Waals surface area contributed by atoms with Gasteiger partial charge in [0.1, 0.15) is 11.9 Å². The Hall–Kier alpha value is -2.61. The summed E-state index contributed by atoms with van der Waals surface area (Å²) in [4.78, 5) is 14.5. The Labute approximate surface area is 111 Å². The summed E-state index contributed by atoms with van der Waals surface area (Å²) < 4.78 is 0. The van der Waals surface area contributed by atoms with Gasteiger partial charge in [0, 0.05) is 5.39 Å². The van der Waals surface area contributed by atoms with Crippen molar-refractivity contribution < 1.29 is 4.92 Å².